The Hall–Kier alpha value is 0.833. The SMILES string of the molecule is O.OCl.[Zn]. The fourth-order valence-electron chi connectivity index (χ4n) is 0. The molecule has 0 saturated heterocycles. The van der Waals surface area contributed by atoms with Crippen LogP contribution in [0.1, 0.15) is 0 Å². The van der Waals surface area contributed by atoms with Crippen molar-refractivity contribution in [3.63, 3.8) is 0 Å². The van der Waals surface area contributed by atoms with E-state index in [1.807, 2.05) is 0 Å². The Morgan fingerprint density at radius 1 is 1.25 bits per heavy atom. The molecule has 0 saturated carbocycles. The van der Waals surface area contributed by atoms with E-state index in [-0.39, 0.29) is 25.0 Å². The fraction of sp³-hybridized carbons (Fsp3) is 0. The molecule has 0 amide bonds. The molecule has 3 N–H and O–H groups in total. The largest absolute Gasteiger partial charge is 0.412 e. The van der Waals surface area contributed by atoms with Crippen LogP contribution in [-0.2, 0) is 19.5 Å². The molecule has 4 heavy (non-hydrogen) atoms. The first-order valence-corrected chi connectivity index (χ1v) is 0.507. The van der Waals surface area contributed by atoms with Crippen molar-refractivity contribution in [2.75, 3.05) is 0 Å². The molecular weight excluding hydrogens is 133 g/mol. The summed E-state index contributed by atoms with van der Waals surface area (Å²) in [7, 11) is 0. The van der Waals surface area contributed by atoms with Crippen molar-refractivity contribution in [3.8, 4) is 0 Å². The Balaban J connectivity index is -0.00000000500. The summed E-state index contributed by atoms with van der Waals surface area (Å²) < 4.78 is 6.47. The molecule has 0 radical (unpaired) electrons. The van der Waals surface area contributed by atoms with Crippen LogP contribution in [-0.4, -0.2) is 10.1 Å². The minimum Gasteiger partial charge on any atom is -0.412 e. The van der Waals surface area contributed by atoms with Gasteiger partial charge in [-0.2, -0.15) is 0 Å². The zero-order chi connectivity index (χ0) is 2.00. The van der Waals surface area contributed by atoms with Crippen LogP contribution in [0.5, 0.6) is 0 Å². The van der Waals surface area contributed by atoms with Gasteiger partial charge < -0.3 is 5.48 Å². The molecule has 0 aromatic heterocycles. The van der Waals surface area contributed by atoms with Gasteiger partial charge in [0.1, 0.15) is 0 Å². The second-order valence-corrected chi connectivity index (χ2v) is 0. The van der Waals surface area contributed by atoms with E-state index in [9.17, 15) is 0 Å². The second kappa shape index (κ2) is 44.3. The van der Waals surface area contributed by atoms with Crippen LogP contribution in [0.2, 0.25) is 0 Å². The van der Waals surface area contributed by atoms with E-state index in [4.69, 9.17) is 4.66 Å². The van der Waals surface area contributed by atoms with Gasteiger partial charge in [-0.05, 0) is 0 Å². The molecule has 0 heterocycles. The van der Waals surface area contributed by atoms with Crippen molar-refractivity contribution in [3.05, 3.63) is 0 Å². The van der Waals surface area contributed by atoms with E-state index in [1.165, 1.54) is 0 Å². The molecule has 0 aromatic rings. The summed E-state index contributed by atoms with van der Waals surface area (Å²) in [6.45, 7) is 0. The summed E-state index contributed by atoms with van der Waals surface area (Å²) >= 11 is 3.64. The van der Waals surface area contributed by atoms with Crippen molar-refractivity contribution >= 4 is 11.9 Å². The normalized spacial score (nSPS) is 1.50. The van der Waals surface area contributed by atoms with Gasteiger partial charge in [-0.3, -0.25) is 4.66 Å². The topological polar surface area (TPSA) is 51.7 Å². The molecule has 0 aromatic carbocycles. The number of hydrogen-bond acceptors (Lipinski definition) is 1. The molecule has 0 spiro atoms. The minimum absolute atomic E-state index is 0. The van der Waals surface area contributed by atoms with Gasteiger partial charge in [0.05, 0.1) is 11.9 Å². The first kappa shape index (κ1) is 21.1. The van der Waals surface area contributed by atoms with Gasteiger partial charge in [0.15, 0.2) is 0 Å². The molecule has 24 valence electrons. The van der Waals surface area contributed by atoms with Crippen LogP contribution in [0, 0.1) is 0 Å². The maximum Gasteiger partial charge on any atom is 0.0579 e. The maximum absolute atomic E-state index is 6.47. The third-order valence-electron chi connectivity index (χ3n) is 0. The number of halogens is 1. The summed E-state index contributed by atoms with van der Waals surface area (Å²) in [5.74, 6) is 0. The minimum atomic E-state index is 0. The molecule has 4 heteroatoms. The Morgan fingerprint density at radius 2 is 1.25 bits per heavy atom. The molecule has 0 atom stereocenters. The van der Waals surface area contributed by atoms with Crippen molar-refractivity contribution < 1.29 is 29.6 Å². The zero-order valence-corrected chi connectivity index (χ0v) is 5.76. The third-order valence-corrected chi connectivity index (χ3v) is 0. The number of rotatable bonds is 0. The molecule has 0 aliphatic heterocycles. The first-order valence-electron chi connectivity index (χ1n) is 0.169. The van der Waals surface area contributed by atoms with Gasteiger partial charge in [-0.15, -0.1) is 0 Å². The summed E-state index contributed by atoms with van der Waals surface area (Å²) in [6.07, 6.45) is 0. The molecule has 0 unspecified atom stereocenters. The molecule has 0 rings (SSSR count). The van der Waals surface area contributed by atoms with Gasteiger partial charge in [-0.1, -0.05) is 0 Å². The quantitative estimate of drug-likeness (QED) is 0.440. The Bertz CT molecular complexity index is 6.00. The van der Waals surface area contributed by atoms with Crippen LogP contribution in [0.3, 0.4) is 0 Å². The Morgan fingerprint density at radius 3 is 1.25 bits per heavy atom. The van der Waals surface area contributed by atoms with Crippen LogP contribution >= 0.6 is 11.9 Å². The second-order valence-electron chi connectivity index (χ2n) is 0. The van der Waals surface area contributed by atoms with Gasteiger partial charge in [0, 0.05) is 19.5 Å². The van der Waals surface area contributed by atoms with E-state index in [1.54, 1.807) is 0 Å². The average molecular weight is 136 g/mol. The standard InChI is InChI=1S/ClHO.H2O.Zn/c1-2;;/h2H;1H2;. The van der Waals surface area contributed by atoms with Crippen molar-refractivity contribution in [1.29, 1.82) is 0 Å². The predicted molar refractivity (Wildman–Crippen MR) is 11.7 cm³/mol. The van der Waals surface area contributed by atoms with Crippen molar-refractivity contribution in [2.24, 2.45) is 0 Å². The molecule has 0 fully saturated rings. The van der Waals surface area contributed by atoms with E-state index in [2.05, 4.69) is 11.9 Å². The van der Waals surface area contributed by atoms with Crippen LogP contribution < -0.4 is 0 Å². The predicted octanol–water partition coefficient (Wildman–Crippen LogP) is -0.695. The summed E-state index contributed by atoms with van der Waals surface area (Å²) in [5, 5.41) is 0. The average Bonchev–Trinajstić information content (AvgIpc) is 1.00. The molecule has 0 bridgehead atoms. The Labute approximate surface area is 42.0 Å². The Kier molecular flexibility index (Phi) is 234. The zero-order valence-electron chi connectivity index (χ0n) is 2.03. The van der Waals surface area contributed by atoms with Crippen molar-refractivity contribution in [2.45, 2.75) is 0 Å². The molecule has 0 aliphatic rings. The molecule has 2 nitrogen and oxygen atoms in total. The first-order chi connectivity index (χ1) is 1.00. The maximum atomic E-state index is 6.47. The monoisotopic (exact) mass is 134 g/mol. The van der Waals surface area contributed by atoms with E-state index in [0.29, 0.717) is 0 Å². The van der Waals surface area contributed by atoms with E-state index < -0.39 is 0 Å². The van der Waals surface area contributed by atoms with Crippen LogP contribution in [0.15, 0.2) is 0 Å². The van der Waals surface area contributed by atoms with Gasteiger partial charge in [-0.25, -0.2) is 0 Å². The number of hydrogen-bond donors (Lipinski definition) is 1. The molecule has 0 aliphatic carbocycles. The van der Waals surface area contributed by atoms with E-state index >= 15 is 0 Å². The summed E-state index contributed by atoms with van der Waals surface area (Å²) in [4.78, 5) is 0. The van der Waals surface area contributed by atoms with Crippen molar-refractivity contribution in [1.82, 2.24) is 0 Å². The van der Waals surface area contributed by atoms with Crippen LogP contribution in [0.25, 0.3) is 0 Å². The van der Waals surface area contributed by atoms with E-state index in [0.717, 1.165) is 0 Å². The third kappa shape index (κ3) is 13.7. The molecular formula is H3ClO2Zn. The van der Waals surface area contributed by atoms with Gasteiger partial charge >= 0.3 is 0 Å². The fourth-order valence-corrected chi connectivity index (χ4v) is 0. The summed E-state index contributed by atoms with van der Waals surface area (Å²) in [6, 6.07) is 0. The van der Waals surface area contributed by atoms with Gasteiger partial charge in [0.2, 0.25) is 0 Å². The van der Waals surface area contributed by atoms with Gasteiger partial charge in [0.25, 0.3) is 0 Å². The summed E-state index contributed by atoms with van der Waals surface area (Å²) in [5.41, 5.74) is 0. The van der Waals surface area contributed by atoms with Crippen LogP contribution in [0.4, 0.5) is 0 Å². The smallest absolute Gasteiger partial charge is 0.0579 e.